The summed E-state index contributed by atoms with van der Waals surface area (Å²) in [5, 5.41) is 13.5. The van der Waals surface area contributed by atoms with Gasteiger partial charge in [-0.3, -0.25) is 19.7 Å². The van der Waals surface area contributed by atoms with Crippen LogP contribution in [0.3, 0.4) is 0 Å². The van der Waals surface area contributed by atoms with Crippen LogP contribution in [0.15, 0.2) is 48.5 Å². The van der Waals surface area contributed by atoms with Gasteiger partial charge in [-0.2, -0.15) is 0 Å². The number of benzene rings is 2. The lowest BCUT2D eigenvalue weighted by Crippen LogP contribution is -2.60. The minimum atomic E-state index is -1.06. The van der Waals surface area contributed by atoms with Crippen LogP contribution in [0.2, 0.25) is 10.0 Å². The molecule has 4 rings (SSSR count). The summed E-state index contributed by atoms with van der Waals surface area (Å²) in [5.74, 6) is -1.46. The number of piperidine rings is 1. The standard InChI is InChI=1S/C23H23Cl2N3O4/c24-17-7-6-16(13-18(17)25)21(31)27-10-8-23(9-11-27)26-19(12-15-4-2-1-3-5-15)22(32)28(23)14-20(29)30/h1-7,13,19,26H,8-12,14H2,(H,29,30). The van der Waals surface area contributed by atoms with Crippen LogP contribution in [-0.4, -0.2) is 64.0 Å². The number of nitrogens with one attached hydrogen (secondary N) is 1. The smallest absolute Gasteiger partial charge is 0.323 e. The van der Waals surface area contributed by atoms with E-state index >= 15 is 0 Å². The van der Waals surface area contributed by atoms with Gasteiger partial charge in [0.1, 0.15) is 6.54 Å². The molecule has 2 heterocycles. The Balaban J connectivity index is 1.50. The minimum absolute atomic E-state index is 0.173. The Morgan fingerprint density at radius 1 is 1.06 bits per heavy atom. The lowest BCUT2D eigenvalue weighted by Gasteiger charge is -2.44. The summed E-state index contributed by atoms with van der Waals surface area (Å²) in [4.78, 5) is 40.7. The number of carboxylic acid groups (broad SMARTS) is 1. The number of hydrogen-bond donors (Lipinski definition) is 2. The van der Waals surface area contributed by atoms with E-state index < -0.39 is 17.7 Å². The first-order valence-corrected chi connectivity index (χ1v) is 11.1. The third-order valence-corrected chi connectivity index (χ3v) is 6.88. The normalized spacial score (nSPS) is 20.1. The monoisotopic (exact) mass is 475 g/mol. The maximum absolute atomic E-state index is 13.1. The third-order valence-electron chi connectivity index (χ3n) is 6.14. The van der Waals surface area contributed by atoms with E-state index in [1.54, 1.807) is 23.1 Å². The molecule has 1 atom stereocenters. The molecule has 2 aliphatic rings. The molecule has 0 aliphatic carbocycles. The average Bonchev–Trinajstić information content (AvgIpc) is 3.01. The topological polar surface area (TPSA) is 89.9 Å². The molecule has 2 fully saturated rings. The van der Waals surface area contributed by atoms with Gasteiger partial charge in [0.15, 0.2) is 0 Å². The zero-order valence-corrected chi connectivity index (χ0v) is 18.8. The van der Waals surface area contributed by atoms with Gasteiger partial charge >= 0.3 is 5.97 Å². The highest BCUT2D eigenvalue weighted by molar-refractivity contribution is 6.42. The van der Waals surface area contributed by atoms with Gasteiger partial charge in [0.25, 0.3) is 5.91 Å². The lowest BCUT2D eigenvalue weighted by molar-refractivity contribution is -0.147. The van der Waals surface area contributed by atoms with Crippen LogP contribution >= 0.6 is 23.2 Å². The van der Waals surface area contributed by atoms with Crippen molar-refractivity contribution in [2.45, 2.75) is 31.0 Å². The van der Waals surface area contributed by atoms with Crippen molar-refractivity contribution in [2.24, 2.45) is 0 Å². The maximum atomic E-state index is 13.1. The molecule has 0 radical (unpaired) electrons. The van der Waals surface area contributed by atoms with E-state index in [4.69, 9.17) is 23.2 Å². The summed E-state index contributed by atoms with van der Waals surface area (Å²) in [5.41, 5.74) is 0.650. The molecule has 32 heavy (non-hydrogen) atoms. The summed E-state index contributed by atoms with van der Waals surface area (Å²) in [6.45, 7) is 0.388. The number of carbonyl (C=O) groups excluding carboxylic acids is 2. The Morgan fingerprint density at radius 3 is 2.38 bits per heavy atom. The van der Waals surface area contributed by atoms with Gasteiger partial charge in [0.2, 0.25) is 5.91 Å². The van der Waals surface area contributed by atoms with Gasteiger partial charge < -0.3 is 14.9 Å². The number of hydrogen-bond acceptors (Lipinski definition) is 4. The molecule has 1 unspecified atom stereocenters. The number of halogens is 2. The summed E-state index contributed by atoms with van der Waals surface area (Å²) >= 11 is 12.0. The number of aliphatic carboxylic acids is 1. The predicted molar refractivity (Wildman–Crippen MR) is 121 cm³/mol. The lowest BCUT2D eigenvalue weighted by atomic mass is 9.95. The highest BCUT2D eigenvalue weighted by atomic mass is 35.5. The molecule has 0 bridgehead atoms. The zero-order chi connectivity index (χ0) is 22.9. The van der Waals surface area contributed by atoms with E-state index in [-0.39, 0.29) is 18.4 Å². The molecule has 2 saturated heterocycles. The van der Waals surface area contributed by atoms with Crippen LogP contribution in [0.1, 0.15) is 28.8 Å². The van der Waals surface area contributed by atoms with E-state index in [9.17, 15) is 19.5 Å². The number of carboxylic acids is 1. The highest BCUT2D eigenvalue weighted by Gasteiger charge is 2.52. The fourth-order valence-electron chi connectivity index (χ4n) is 4.52. The van der Waals surface area contributed by atoms with Crippen molar-refractivity contribution < 1.29 is 19.5 Å². The summed E-state index contributed by atoms with van der Waals surface area (Å²) in [6, 6.07) is 13.9. The van der Waals surface area contributed by atoms with Crippen LogP contribution in [0, 0.1) is 0 Å². The van der Waals surface area contributed by atoms with Crippen LogP contribution < -0.4 is 5.32 Å². The molecule has 2 aromatic rings. The summed E-state index contributed by atoms with van der Waals surface area (Å²) in [7, 11) is 0. The first-order chi connectivity index (χ1) is 15.3. The van der Waals surface area contributed by atoms with Crippen molar-refractivity contribution in [1.29, 1.82) is 0 Å². The van der Waals surface area contributed by atoms with Crippen molar-refractivity contribution in [3.05, 3.63) is 69.7 Å². The molecule has 0 saturated carbocycles. The van der Waals surface area contributed by atoms with E-state index in [0.717, 1.165) is 5.56 Å². The van der Waals surface area contributed by atoms with Gasteiger partial charge in [0.05, 0.1) is 21.7 Å². The van der Waals surface area contributed by atoms with E-state index in [2.05, 4.69) is 5.32 Å². The number of likely N-dealkylation sites (tertiary alicyclic amines) is 1. The summed E-state index contributed by atoms with van der Waals surface area (Å²) < 4.78 is 0. The first kappa shape index (κ1) is 22.6. The SMILES string of the molecule is O=C(O)CN1C(=O)C(Cc2ccccc2)NC12CCN(C(=O)c1ccc(Cl)c(Cl)c1)CC2. The molecule has 2 aliphatic heterocycles. The van der Waals surface area contributed by atoms with E-state index in [1.165, 1.54) is 4.90 Å². The van der Waals surface area contributed by atoms with Crippen molar-refractivity contribution in [2.75, 3.05) is 19.6 Å². The molecular formula is C23H23Cl2N3O4. The number of rotatable bonds is 5. The molecular weight excluding hydrogens is 453 g/mol. The number of amides is 2. The van der Waals surface area contributed by atoms with Crippen molar-refractivity contribution in [3.8, 4) is 0 Å². The Kier molecular flexibility index (Phi) is 6.42. The second-order valence-corrected chi connectivity index (χ2v) is 8.97. The maximum Gasteiger partial charge on any atom is 0.323 e. The van der Waals surface area contributed by atoms with Gasteiger partial charge in [0, 0.05) is 31.5 Å². The Morgan fingerprint density at radius 2 is 1.75 bits per heavy atom. The zero-order valence-electron chi connectivity index (χ0n) is 17.3. The van der Waals surface area contributed by atoms with E-state index in [1.807, 2.05) is 30.3 Å². The van der Waals surface area contributed by atoms with Crippen LogP contribution in [0.4, 0.5) is 0 Å². The molecule has 2 aromatic carbocycles. The fraction of sp³-hybridized carbons (Fsp3) is 0.348. The predicted octanol–water partition coefficient (Wildman–Crippen LogP) is 3.05. The Labute approximate surface area is 195 Å². The molecule has 7 nitrogen and oxygen atoms in total. The van der Waals surface area contributed by atoms with Crippen LogP contribution in [0.5, 0.6) is 0 Å². The number of nitrogens with zero attached hydrogens (tertiary/aromatic N) is 2. The Bertz CT molecular complexity index is 1040. The quantitative estimate of drug-likeness (QED) is 0.693. The fourth-order valence-corrected chi connectivity index (χ4v) is 4.82. The van der Waals surface area contributed by atoms with Crippen molar-refractivity contribution >= 4 is 41.0 Å². The van der Waals surface area contributed by atoms with Crippen molar-refractivity contribution in [3.63, 3.8) is 0 Å². The third kappa shape index (κ3) is 4.46. The second-order valence-electron chi connectivity index (χ2n) is 8.16. The highest BCUT2D eigenvalue weighted by Crippen LogP contribution is 2.34. The largest absolute Gasteiger partial charge is 0.480 e. The molecule has 2 N–H and O–H groups in total. The van der Waals surface area contributed by atoms with Crippen LogP contribution in [0.25, 0.3) is 0 Å². The molecule has 0 aromatic heterocycles. The molecule has 1 spiro atoms. The molecule has 2 amide bonds. The second kappa shape index (κ2) is 9.10. The van der Waals surface area contributed by atoms with Gasteiger partial charge in [-0.25, -0.2) is 0 Å². The van der Waals surface area contributed by atoms with Crippen molar-refractivity contribution in [1.82, 2.24) is 15.1 Å². The minimum Gasteiger partial charge on any atom is -0.480 e. The van der Waals surface area contributed by atoms with Crippen LogP contribution in [-0.2, 0) is 16.0 Å². The molecule has 9 heteroatoms. The van der Waals surface area contributed by atoms with Gasteiger partial charge in [-0.05, 0) is 30.2 Å². The summed E-state index contributed by atoms with van der Waals surface area (Å²) in [6.07, 6.45) is 1.35. The van der Waals surface area contributed by atoms with E-state index in [0.29, 0.717) is 48.0 Å². The molecule has 168 valence electrons. The average molecular weight is 476 g/mol. The Hall–Kier alpha value is -2.61. The first-order valence-electron chi connectivity index (χ1n) is 10.4. The van der Waals surface area contributed by atoms with Gasteiger partial charge in [-0.15, -0.1) is 0 Å². The van der Waals surface area contributed by atoms with Gasteiger partial charge in [-0.1, -0.05) is 53.5 Å². The number of carbonyl (C=O) groups is 3.